The van der Waals surface area contributed by atoms with Crippen LogP contribution in [0.2, 0.25) is 0 Å². The van der Waals surface area contributed by atoms with Crippen LogP contribution >= 0.6 is 12.4 Å². The molecule has 0 unspecified atom stereocenters. The van der Waals surface area contributed by atoms with Gasteiger partial charge in [0.1, 0.15) is 23.1 Å². The molecule has 2 heterocycles. The van der Waals surface area contributed by atoms with E-state index < -0.39 is 17.2 Å². The van der Waals surface area contributed by atoms with Gasteiger partial charge in [-0.15, -0.1) is 12.4 Å². The number of esters is 1. The lowest BCUT2D eigenvalue weighted by Crippen LogP contribution is -2.73. The zero-order valence-electron chi connectivity index (χ0n) is 25.2. The van der Waals surface area contributed by atoms with E-state index in [2.05, 4.69) is 10.2 Å². The Morgan fingerprint density at radius 2 is 1.56 bits per heavy atom. The Hall–Kier alpha value is -3.14. The average Bonchev–Trinajstić information content (AvgIpc) is 3.00. The molecule has 43 heavy (non-hydrogen) atoms. The van der Waals surface area contributed by atoms with Gasteiger partial charge in [0.25, 0.3) is 0 Å². The van der Waals surface area contributed by atoms with Crippen molar-refractivity contribution >= 4 is 30.2 Å². The minimum absolute atomic E-state index is 0. The van der Waals surface area contributed by atoms with Crippen LogP contribution < -0.4 is 10.1 Å². The third-order valence-electron chi connectivity index (χ3n) is 9.15. The van der Waals surface area contributed by atoms with E-state index in [1.165, 1.54) is 7.11 Å². The first-order valence-corrected chi connectivity index (χ1v) is 15.3. The number of nitrogens with zero attached hydrogens (tertiary/aromatic N) is 2. The maximum Gasteiger partial charge on any atom is 0.337 e. The molecule has 10 heteroatoms. The molecule has 0 aromatic heterocycles. The first-order valence-electron chi connectivity index (χ1n) is 15.3. The summed E-state index contributed by atoms with van der Waals surface area (Å²) in [6.45, 7) is 4.74. The molecular weight excluding hydrogens is 570 g/mol. The van der Waals surface area contributed by atoms with Crippen molar-refractivity contribution in [1.29, 1.82) is 0 Å². The highest BCUT2D eigenvalue weighted by molar-refractivity contribution is 6.00. The number of methoxy groups -OCH3 is 1. The molecule has 3 aliphatic rings. The fourth-order valence-electron chi connectivity index (χ4n) is 6.77. The number of rotatable bonds is 9. The Balaban J connectivity index is 0.00000423. The van der Waals surface area contributed by atoms with Crippen LogP contribution in [0.25, 0.3) is 0 Å². The number of carbonyl (C=O) groups is 3. The highest BCUT2D eigenvalue weighted by Gasteiger charge is 2.54. The first kappa shape index (κ1) is 32.8. The van der Waals surface area contributed by atoms with Crippen LogP contribution in [0.1, 0.15) is 80.6 Å². The standard InChI is InChI=1S/C33H43N3O6.ClH/c1-3-19-36-29(37)28(22-32(40)15-5-4-6-16-32)34-31(39)33(36)17-20-35(21-18-33)23-24-7-11-26(12-8-24)42-27-13-9-25(10-14-27)30(38)41-2;/h7-14,28,40H,3-6,15-23H2,1-2H3,(H,34,39);1H/t28-;/m1./s1. The fraction of sp³-hybridized carbons (Fsp3) is 0.545. The Labute approximate surface area is 260 Å². The van der Waals surface area contributed by atoms with E-state index in [1.807, 2.05) is 36.1 Å². The zero-order chi connectivity index (χ0) is 29.7. The van der Waals surface area contributed by atoms with Crippen LogP contribution in [-0.4, -0.2) is 76.6 Å². The molecule has 1 saturated carbocycles. The molecule has 2 N–H and O–H groups in total. The van der Waals surface area contributed by atoms with Gasteiger partial charge < -0.3 is 24.8 Å². The molecule has 1 atom stereocenters. The molecular formula is C33H44ClN3O6. The first-order chi connectivity index (χ1) is 20.2. The highest BCUT2D eigenvalue weighted by atomic mass is 35.5. The van der Waals surface area contributed by atoms with E-state index in [0.29, 0.717) is 68.8 Å². The fourth-order valence-corrected chi connectivity index (χ4v) is 6.77. The van der Waals surface area contributed by atoms with Gasteiger partial charge >= 0.3 is 5.97 Å². The number of amides is 2. The van der Waals surface area contributed by atoms with Gasteiger partial charge in [0.2, 0.25) is 11.8 Å². The molecule has 234 valence electrons. The largest absolute Gasteiger partial charge is 0.465 e. The number of piperazine rings is 1. The lowest BCUT2D eigenvalue weighted by molar-refractivity contribution is -0.163. The molecule has 0 radical (unpaired) electrons. The van der Waals surface area contributed by atoms with Crippen LogP contribution in [0.3, 0.4) is 0 Å². The van der Waals surface area contributed by atoms with Crippen LogP contribution in [0.15, 0.2) is 48.5 Å². The van der Waals surface area contributed by atoms with Crippen molar-refractivity contribution in [3.63, 3.8) is 0 Å². The van der Waals surface area contributed by atoms with E-state index >= 15 is 0 Å². The van der Waals surface area contributed by atoms with Gasteiger partial charge in [0.15, 0.2) is 0 Å². The van der Waals surface area contributed by atoms with Gasteiger partial charge in [0, 0.05) is 32.6 Å². The van der Waals surface area contributed by atoms with E-state index in [1.54, 1.807) is 24.3 Å². The number of carbonyl (C=O) groups excluding carboxylic acids is 3. The monoisotopic (exact) mass is 613 g/mol. The number of piperidine rings is 1. The maximum atomic E-state index is 13.7. The van der Waals surface area contributed by atoms with E-state index in [9.17, 15) is 19.5 Å². The van der Waals surface area contributed by atoms with Gasteiger partial charge in [0.05, 0.1) is 18.3 Å². The van der Waals surface area contributed by atoms with Crippen molar-refractivity contribution in [3.05, 3.63) is 59.7 Å². The number of nitrogens with one attached hydrogen (secondary N) is 1. The SMILES string of the molecule is CCCN1C(=O)[C@@H](CC2(O)CCCCC2)NC(=O)C12CCN(Cc1ccc(Oc3ccc(C(=O)OC)cc3)cc1)CC2.Cl. The van der Waals surface area contributed by atoms with Gasteiger partial charge in [-0.3, -0.25) is 14.5 Å². The topological polar surface area (TPSA) is 108 Å². The van der Waals surface area contributed by atoms with Gasteiger partial charge in [-0.25, -0.2) is 4.79 Å². The molecule has 0 bridgehead atoms. The number of halogens is 1. The predicted octanol–water partition coefficient (Wildman–Crippen LogP) is 4.84. The summed E-state index contributed by atoms with van der Waals surface area (Å²) in [6, 6.07) is 14.1. The van der Waals surface area contributed by atoms with Gasteiger partial charge in [-0.2, -0.15) is 0 Å². The normalized spacial score (nSPS) is 21.6. The molecule has 5 rings (SSSR count). The maximum absolute atomic E-state index is 13.7. The quantitative estimate of drug-likeness (QED) is 0.390. The molecule has 2 aromatic carbocycles. The van der Waals surface area contributed by atoms with E-state index in [0.717, 1.165) is 37.8 Å². The molecule has 9 nitrogen and oxygen atoms in total. The number of hydrogen-bond donors (Lipinski definition) is 2. The van der Waals surface area contributed by atoms with Crippen molar-refractivity contribution < 1.29 is 29.0 Å². The molecule has 3 fully saturated rings. The molecule has 1 spiro atoms. The Bertz CT molecular complexity index is 1250. The number of likely N-dealkylation sites (tertiary alicyclic amines) is 1. The molecule has 2 amide bonds. The average molecular weight is 614 g/mol. The van der Waals surface area contributed by atoms with Crippen LogP contribution in [0, 0.1) is 0 Å². The molecule has 2 aliphatic heterocycles. The second-order valence-electron chi connectivity index (χ2n) is 12.1. The van der Waals surface area contributed by atoms with Crippen molar-refractivity contribution in [2.75, 3.05) is 26.7 Å². The second-order valence-corrected chi connectivity index (χ2v) is 12.1. The molecule has 2 aromatic rings. The second kappa shape index (κ2) is 14.1. The Kier molecular flexibility index (Phi) is 10.7. The van der Waals surface area contributed by atoms with Crippen molar-refractivity contribution in [2.24, 2.45) is 0 Å². The summed E-state index contributed by atoms with van der Waals surface area (Å²) in [5, 5.41) is 14.1. The molecule has 1 aliphatic carbocycles. The summed E-state index contributed by atoms with van der Waals surface area (Å²) in [7, 11) is 1.35. The van der Waals surface area contributed by atoms with Crippen molar-refractivity contribution in [2.45, 2.75) is 88.4 Å². The third-order valence-corrected chi connectivity index (χ3v) is 9.15. The smallest absolute Gasteiger partial charge is 0.337 e. The number of benzene rings is 2. The summed E-state index contributed by atoms with van der Waals surface area (Å²) in [5.41, 5.74) is -0.0899. The van der Waals surface area contributed by atoms with E-state index in [4.69, 9.17) is 9.47 Å². The number of aliphatic hydroxyl groups is 1. The van der Waals surface area contributed by atoms with Crippen molar-refractivity contribution in [3.8, 4) is 11.5 Å². The summed E-state index contributed by atoms with van der Waals surface area (Å²) in [4.78, 5) is 43.1. The minimum atomic E-state index is -0.868. The van der Waals surface area contributed by atoms with Crippen molar-refractivity contribution in [1.82, 2.24) is 15.1 Å². The van der Waals surface area contributed by atoms with Crippen LogP contribution in [-0.2, 0) is 20.9 Å². The van der Waals surface area contributed by atoms with Crippen LogP contribution in [0.4, 0.5) is 0 Å². The number of ether oxygens (including phenoxy) is 2. The Morgan fingerprint density at radius 3 is 2.14 bits per heavy atom. The zero-order valence-corrected chi connectivity index (χ0v) is 26.0. The van der Waals surface area contributed by atoms with Gasteiger partial charge in [-0.05, 0) is 74.1 Å². The third kappa shape index (κ3) is 7.33. The summed E-state index contributed by atoms with van der Waals surface area (Å²) in [6.07, 6.45) is 6.69. The van der Waals surface area contributed by atoms with Crippen LogP contribution in [0.5, 0.6) is 11.5 Å². The van der Waals surface area contributed by atoms with Gasteiger partial charge in [-0.1, -0.05) is 38.3 Å². The van der Waals surface area contributed by atoms with E-state index in [-0.39, 0.29) is 30.2 Å². The summed E-state index contributed by atoms with van der Waals surface area (Å²) >= 11 is 0. The summed E-state index contributed by atoms with van der Waals surface area (Å²) in [5.74, 6) is 0.827. The Morgan fingerprint density at radius 1 is 0.953 bits per heavy atom. The summed E-state index contributed by atoms with van der Waals surface area (Å²) < 4.78 is 10.7. The number of hydrogen-bond acceptors (Lipinski definition) is 7. The lowest BCUT2D eigenvalue weighted by atomic mass is 9.77. The molecule has 2 saturated heterocycles. The minimum Gasteiger partial charge on any atom is -0.465 e. The lowest BCUT2D eigenvalue weighted by Gasteiger charge is -2.52. The highest BCUT2D eigenvalue weighted by Crippen LogP contribution is 2.37. The predicted molar refractivity (Wildman–Crippen MR) is 165 cm³/mol.